The number of aromatic nitrogens is 3. The van der Waals surface area contributed by atoms with E-state index in [0.29, 0.717) is 22.9 Å². The monoisotopic (exact) mass is 336 g/mol. The molecule has 1 saturated carbocycles. The van der Waals surface area contributed by atoms with E-state index in [4.69, 9.17) is 4.98 Å². The van der Waals surface area contributed by atoms with Crippen molar-refractivity contribution in [2.75, 3.05) is 5.32 Å². The first-order valence-corrected chi connectivity index (χ1v) is 8.39. The number of carbonyl (C=O) groups is 2. The summed E-state index contributed by atoms with van der Waals surface area (Å²) in [7, 11) is 3.79. The fraction of sp³-hybridized carbons (Fsp3) is 0.316. The maximum atomic E-state index is 12.5. The van der Waals surface area contributed by atoms with Crippen molar-refractivity contribution in [2.24, 2.45) is 14.1 Å². The summed E-state index contributed by atoms with van der Waals surface area (Å²) < 4.78 is 3.80. The van der Waals surface area contributed by atoms with Gasteiger partial charge in [-0.15, -0.1) is 0 Å². The number of benzene rings is 1. The number of nitrogens with zero attached hydrogens (tertiary/aromatic N) is 3. The molecule has 3 aromatic rings. The molecular weight excluding hydrogens is 316 g/mol. The van der Waals surface area contributed by atoms with Gasteiger partial charge in [-0.25, -0.2) is 4.98 Å². The highest BCUT2D eigenvalue weighted by Gasteiger charge is 2.28. The lowest BCUT2D eigenvalue weighted by atomic mass is 10.2. The third kappa shape index (κ3) is 2.73. The Morgan fingerprint density at radius 1 is 1.20 bits per heavy atom. The van der Waals surface area contributed by atoms with Crippen LogP contribution in [0.1, 0.15) is 52.4 Å². The SMILES string of the molecule is CC(=O)c1cc(C(=O)Nc2ccc3c(c2)nc(C2CC2)n3C)n(C)c1. The molecular formula is C19H20N4O2. The number of amides is 1. The number of Topliss-reactive ketones (excluding diaryl/α,β-unsaturated/α-hetero) is 1. The number of nitrogens with one attached hydrogen (secondary N) is 1. The second-order valence-electron chi connectivity index (χ2n) is 6.74. The van der Waals surface area contributed by atoms with Crippen LogP contribution in [0, 0.1) is 0 Å². The van der Waals surface area contributed by atoms with Gasteiger partial charge in [0.2, 0.25) is 0 Å². The largest absolute Gasteiger partial charge is 0.346 e. The lowest BCUT2D eigenvalue weighted by molar-refractivity contribution is 0.101. The minimum absolute atomic E-state index is 0.0582. The van der Waals surface area contributed by atoms with Crippen LogP contribution < -0.4 is 5.32 Å². The summed E-state index contributed by atoms with van der Waals surface area (Å²) in [5.74, 6) is 1.39. The van der Waals surface area contributed by atoms with Crippen molar-refractivity contribution in [3.63, 3.8) is 0 Å². The van der Waals surface area contributed by atoms with E-state index in [1.165, 1.54) is 19.8 Å². The zero-order chi connectivity index (χ0) is 17.7. The Kier molecular flexibility index (Phi) is 3.49. The molecule has 0 radical (unpaired) electrons. The number of imidazole rings is 1. The van der Waals surface area contributed by atoms with Crippen LogP contribution in [0.25, 0.3) is 11.0 Å². The quantitative estimate of drug-likeness (QED) is 0.744. The summed E-state index contributed by atoms with van der Waals surface area (Å²) >= 11 is 0. The molecule has 1 N–H and O–H groups in total. The van der Waals surface area contributed by atoms with Crippen LogP contribution in [-0.4, -0.2) is 25.8 Å². The zero-order valence-electron chi connectivity index (χ0n) is 14.5. The summed E-state index contributed by atoms with van der Waals surface area (Å²) in [5, 5.41) is 2.90. The molecule has 0 spiro atoms. The van der Waals surface area contributed by atoms with Crippen LogP contribution in [0.5, 0.6) is 0 Å². The van der Waals surface area contributed by atoms with Crippen LogP contribution in [0.4, 0.5) is 5.69 Å². The molecule has 1 amide bonds. The maximum absolute atomic E-state index is 12.5. The van der Waals surface area contributed by atoms with Gasteiger partial charge in [0.15, 0.2) is 5.78 Å². The van der Waals surface area contributed by atoms with E-state index in [2.05, 4.69) is 9.88 Å². The van der Waals surface area contributed by atoms with E-state index < -0.39 is 0 Å². The predicted octanol–water partition coefficient (Wildman–Crippen LogP) is 3.24. The van der Waals surface area contributed by atoms with Gasteiger partial charge in [0, 0.05) is 37.5 Å². The van der Waals surface area contributed by atoms with E-state index in [-0.39, 0.29) is 11.7 Å². The number of rotatable bonds is 4. The highest BCUT2D eigenvalue weighted by atomic mass is 16.2. The van der Waals surface area contributed by atoms with Crippen molar-refractivity contribution >= 4 is 28.4 Å². The third-order valence-corrected chi connectivity index (χ3v) is 4.76. The van der Waals surface area contributed by atoms with Gasteiger partial charge in [-0.2, -0.15) is 0 Å². The summed E-state index contributed by atoms with van der Waals surface area (Å²) in [5.41, 5.74) is 3.63. The predicted molar refractivity (Wildman–Crippen MR) is 96.1 cm³/mol. The molecule has 1 aliphatic rings. The Morgan fingerprint density at radius 3 is 2.60 bits per heavy atom. The third-order valence-electron chi connectivity index (χ3n) is 4.76. The number of carbonyl (C=O) groups excluding carboxylic acids is 2. The summed E-state index contributed by atoms with van der Waals surface area (Å²) in [4.78, 5) is 28.7. The first-order valence-electron chi connectivity index (χ1n) is 8.39. The number of hydrogen-bond acceptors (Lipinski definition) is 3. The first-order chi connectivity index (χ1) is 11.9. The normalized spacial score (nSPS) is 14.0. The second kappa shape index (κ2) is 5.58. The van der Waals surface area contributed by atoms with Crippen molar-refractivity contribution < 1.29 is 9.59 Å². The Morgan fingerprint density at radius 2 is 1.96 bits per heavy atom. The number of fused-ring (bicyclic) bond motifs is 1. The average molecular weight is 336 g/mol. The lowest BCUT2D eigenvalue weighted by Gasteiger charge is -2.06. The van der Waals surface area contributed by atoms with Crippen molar-refractivity contribution in [2.45, 2.75) is 25.7 Å². The molecule has 6 heteroatoms. The second-order valence-corrected chi connectivity index (χ2v) is 6.74. The van der Waals surface area contributed by atoms with Gasteiger partial charge in [-0.1, -0.05) is 0 Å². The number of ketones is 1. The molecule has 0 atom stereocenters. The molecule has 4 rings (SSSR count). The van der Waals surface area contributed by atoms with E-state index in [0.717, 1.165) is 16.9 Å². The molecule has 1 aromatic carbocycles. The topological polar surface area (TPSA) is 68.9 Å². The molecule has 1 aliphatic carbocycles. The van der Waals surface area contributed by atoms with Crippen molar-refractivity contribution in [1.29, 1.82) is 0 Å². The molecule has 0 bridgehead atoms. The van der Waals surface area contributed by atoms with Gasteiger partial charge in [-0.05, 0) is 44.0 Å². The van der Waals surface area contributed by atoms with E-state index in [1.807, 2.05) is 25.2 Å². The maximum Gasteiger partial charge on any atom is 0.272 e. The minimum atomic E-state index is -0.243. The minimum Gasteiger partial charge on any atom is -0.346 e. The van der Waals surface area contributed by atoms with E-state index in [1.54, 1.807) is 23.9 Å². The number of hydrogen-bond donors (Lipinski definition) is 1. The van der Waals surface area contributed by atoms with Gasteiger partial charge in [0.25, 0.3) is 5.91 Å². The van der Waals surface area contributed by atoms with Gasteiger partial charge in [0.05, 0.1) is 11.0 Å². The van der Waals surface area contributed by atoms with Gasteiger partial charge in [-0.3, -0.25) is 9.59 Å². The van der Waals surface area contributed by atoms with Crippen LogP contribution in [-0.2, 0) is 14.1 Å². The Labute approximate surface area is 145 Å². The summed E-state index contributed by atoms with van der Waals surface area (Å²) in [6.07, 6.45) is 4.07. The van der Waals surface area contributed by atoms with E-state index in [9.17, 15) is 9.59 Å². The molecule has 2 aromatic heterocycles. The molecule has 25 heavy (non-hydrogen) atoms. The van der Waals surface area contributed by atoms with Crippen LogP contribution in [0.3, 0.4) is 0 Å². The number of aryl methyl sites for hydroxylation is 2. The van der Waals surface area contributed by atoms with Crippen LogP contribution in [0.15, 0.2) is 30.5 Å². The molecule has 128 valence electrons. The lowest BCUT2D eigenvalue weighted by Crippen LogP contribution is -2.15. The zero-order valence-corrected chi connectivity index (χ0v) is 14.5. The van der Waals surface area contributed by atoms with Gasteiger partial charge in [0.1, 0.15) is 11.5 Å². The fourth-order valence-corrected chi connectivity index (χ4v) is 3.18. The van der Waals surface area contributed by atoms with Crippen molar-refractivity contribution in [3.05, 3.63) is 47.5 Å². The molecule has 1 fully saturated rings. The van der Waals surface area contributed by atoms with E-state index >= 15 is 0 Å². The van der Waals surface area contributed by atoms with Crippen molar-refractivity contribution in [1.82, 2.24) is 14.1 Å². The highest BCUT2D eigenvalue weighted by molar-refractivity contribution is 6.06. The molecule has 0 unspecified atom stereocenters. The molecule has 0 aliphatic heterocycles. The molecule has 0 saturated heterocycles. The van der Waals surface area contributed by atoms with Crippen LogP contribution >= 0.6 is 0 Å². The average Bonchev–Trinajstić information content (AvgIpc) is 3.25. The van der Waals surface area contributed by atoms with Gasteiger partial charge >= 0.3 is 0 Å². The standard InChI is InChI=1S/C19H20N4O2/c1-11(24)13-8-17(22(2)10-13)19(25)20-14-6-7-16-15(9-14)21-18(23(16)3)12-4-5-12/h6-10,12H,4-5H2,1-3H3,(H,20,25). The number of anilines is 1. The smallest absolute Gasteiger partial charge is 0.272 e. The summed E-state index contributed by atoms with van der Waals surface area (Å²) in [6, 6.07) is 7.37. The Balaban J connectivity index is 1.62. The van der Waals surface area contributed by atoms with Crippen LogP contribution in [0.2, 0.25) is 0 Å². The Hall–Kier alpha value is -2.89. The van der Waals surface area contributed by atoms with Crippen molar-refractivity contribution in [3.8, 4) is 0 Å². The first kappa shape index (κ1) is 15.6. The Bertz CT molecular complexity index is 1010. The molecule has 6 nitrogen and oxygen atoms in total. The fourth-order valence-electron chi connectivity index (χ4n) is 3.18. The summed E-state index contributed by atoms with van der Waals surface area (Å²) in [6.45, 7) is 1.49. The molecule has 2 heterocycles. The highest BCUT2D eigenvalue weighted by Crippen LogP contribution is 2.40. The van der Waals surface area contributed by atoms with Gasteiger partial charge < -0.3 is 14.5 Å².